The lowest BCUT2D eigenvalue weighted by Gasteiger charge is -2.21. The van der Waals surface area contributed by atoms with Gasteiger partial charge in [0.2, 0.25) is 15.9 Å². The van der Waals surface area contributed by atoms with Crippen LogP contribution in [0.15, 0.2) is 47.4 Å². The number of anilines is 2. The van der Waals surface area contributed by atoms with E-state index < -0.39 is 15.9 Å². The van der Waals surface area contributed by atoms with E-state index in [0.29, 0.717) is 24.5 Å². The van der Waals surface area contributed by atoms with Gasteiger partial charge < -0.3 is 10.6 Å². The van der Waals surface area contributed by atoms with Crippen LogP contribution in [-0.4, -0.2) is 37.6 Å². The Kier molecular flexibility index (Phi) is 6.83. The van der Waals surface area contributed by atoms with Crippen molar-refractivity contribution >= 4 is 44.8 Å². The highest BCUT2D eigenvalue weighted by molar-refractivity contribution is 7.89. The second-order valence-corrected chi connectivity index (χ2v) is 10.6. The summed E-state index contributed by atoms with van der Waals surface area (Å²) in [7, 11) is -3.78. The van der Waals surface area contributed by atoms with Crippen LogP contribution < -0.4 is 10.6 Å². The Morgan fingerprint density at radius 1 is 0.875 bits per heavy atom. The number of nitrogens with zero attached hydrogens (tertiary/aromatic N) is 1. The van der Waals surface area contributed by atoms with Crippen LogP contribution in [0.1, 0.15) is 48.9 Å². The number of rotatable bonds is 6. The number of hydrogen-bond acceptors (Lipinski definition) is 4. The molecule has 0 unspecified atom stereocenters. The molecule has 2 amide bonds. The van der Waals surface area contributed by atoms with Crippen LogP contribution in [-0.2, 0) is 14.8 Å². The molecule has 9 heteroatoms. The van der Waals surface area contributed by atoms with E-state index in [1.165, 1.54) is 22.5 Å². The van der Waals surface area contributed by atoms with Crippen molar-refractivity contribution in [2.45, 2.75) is 43.4 Å². The average Bonchev–Trinajstić information content (AvgIpc) is 3.62. The summed E-state index contributed by atoms with van der Waals surface area (Å²) in [6.07, 6.45) is 5.49. The number of nitrogens with one attached hydrogen (secondary N) is 2. The molecule has 2 N–H and O–H groups in total. The molecule has 1 saturated heterocycles. The molecule has 0 atom stereocenters. The number of hydrogen-bond donors (Lipinski definition) is 2. The maximum absolute atomic E-state index is 13.1. The molecule has 1 heterocycles. The minimum absolute atomic E-state index is 0.0149. The van der Waals surface area contributed by atoms with Gasteiger partial charge in [-0.3, -0.25) is 9.59 Å². The van der Waals surface area contributed by atoms with Gasteiger partial charge in [-0.1, -0.05) is 24.4 Å². The summed E-state index contributed by atoms with van der Waals surface area (Å²) in [4.78, 5) is 24.6. The molecule has 2 aromatic carbocycles. The number of sulfonamides is 1. The summed E-state index contributed by atoms with van der Waals surface area (Å²) in [5, 5.41) is 5.70. The van der Waals surface area contributed by atoms with Gasteiger partial charge in [-0.25, -0.2) is 8.42 Å². The lowest BCUT2D eigenvalue weighted by molar-refractivity contribution is -0.117. The molecule has 2 fully saturated rings. The van der Waals surface area contributed by atoms with E-state index in [1.807, 2.05) is 0 Å². The first-order chi connectivity index (χ1) is 15.3. The molecule has 1 aliphatic heterocycles. The topological polar surface area (TPSA) is 95.6 Å². The Labute approximate surface area is 193 Å². The van der Waals surface area contributed by atoms with E-state index in [0.717, 1.165) is 38.5 Å². The van der Waals surface area contributed by atoms with Crippen LogP contribution in [0.25, 0.3) is 0 Å². The van der Waals surface area contributed by atoms with Crippen LogP contribution in [0.2, 0.25) is 5.02 Å². The van der Waals surface area contributed by atoms with Crippen LogP contribution in [0.5, 0.6) is 0 Å². The van der Waals surface area contributed by atoms with Gasteiger partial charge in [0, 0.05) is 35.9 Å². The Bertz CT molecular complexity index is 1110. The molecule has 0 bridgehead atoms. The zero-order chi connectivity index (χ0) is 22.7. The van der Waals surface area contributed by atoms with E-state index in [2.05, 4.69) is 10.6 Å². The van der Waals surface area contributed by atoms with Crippen molar-refractivity contribution in [2.24, 2.45) is 5.92 Å². The lowest BCUT2D eigenvalue weighted by Crippen LogP contribution is -2.32. The fraction of sp³-hybridized carbons (Fsp3) is 0.391. The van der Waals surface area contributed by atoms with Gasteiger partial charge in [-0.05, 0) is 68.1 Å². The highest BCUT2D eigenvalue weighted by atomic mass is 35.5. The van der Waals surface area contributed by atoms with Gasteiger partial charge in [0.05, 0.1) is 5.02 Å². The van der Waals surface area contributed by atoms with Gasteiger partial charge >= 0.3 is 0 Å². The third kappa shape index (κ3) is 5.31. The molecule has 0 spiro atoms. The summed E-state index contributed by atoms with van der Waals surface area (Å²) in [5.41, 5.74) is 1.40. The van der Waals surface area contributed by atoms with Crippen molar-refractivity contribution in [3.05, 3.63) is 53.1 Å². The van der Waals surface area contributed by atoms with Crippen molar-refractivity contribution < 1.29 is 18.0 Å². The molecule has 7 nitrogen and oxygen atoms in total. The minimum Gasteiger partial charge on any atom is -0.326 e. The quantitative estimate of drug-likeness (QED) is 0.642. The molecule has 0 radical (unpaired) electrons. The summed E-state index contributed by atoms with van der Waals surface area (Å²) in [5.74, 6) is -0.316. The van der Waals surface area contributed by atoms with Crippen LogP contribution in [0, 0.1) is 5.92 Å². The smallest absolute Gasteiger partial charge is 0.255 e. The first-order valence-corrected chi connectivity index (χ1v) is 12.7. The van der Waals surface area contributed by atoms with E-state index in [-0.39, 0.29) is 27.3 Å². The van der Waals surface area contributed by atoms with E-state index in [4.69, 9.17) is 11.6 Å². The molecule has 1 saturated carbocycles. The molecule has 2 aromatic rings. The van der Waals surface area contributed by atoms with E-state index in [1.54, 1.807) is 24.3 Å². The summed E-state index contributed by atoms with van der Waals surface area (Å²) in [6, 6.07) is 11.1. The van der Waals surface area contributed by atoms with Crippen LogP contribution in [0.3, 0.4) is 0 Å². The second-order valence-electron chi connectivity index (χ2n) is 8.26. The Hall–Kier alpha value is -2.42. The number of amides is 2. The standard InChI is InChI=1S/C23H26ClN3O4S/c24-20-12-7-17(15-21(20)32(30,31)27-13-3-1-2-4-14-27)23(29)26-19-10-8-18(9-11-19)25-22(28)16-5-6-16/h7-12,15-16H,1-6,13-14H2,(H,25,28)(H,26,29). The molecule has 0 aromatic heterocycles. The second kappa shape index (κ2) is 9.60. The largest absolute Gasteiger partial charge is 0.326 e. The van der Waals surface area contributed by atoms with Gasteiger partial charge in [0.15, 0.2) is 0 Å². The molecule has 1 aliphatic carbocycles. The number of benzene rings is 2. The first-order valence-electron chi connectivity index (χ1n) is 10.9. The third-order valence-electron chi connectivity index (χ3n) is 5.73. The zero-order valence-corrected chi connectivity index (χ0v) is 19.2. The normalized spacial score (nSPS) is 17.4. The predicted molar refractivity (Wildman–Crippen MR) is 124 cm³/mol. The van der Waals surface area contributed by atoms with Crippen molar-refractivity contribution in [1.82, 2.24) is 4.31 Å². The van der Waals surface area contributed by atoms with Crippen molar-refractivity contribution in [1.29, 1.82) is 0 Å². The fourth-order valence-electron chi connectivity index (χ4n) is 3.69. The maximum atomic E-state index is 13.1. The van der Waals surface area contributed by atoms with Gasteiger partial charge in [0.1, 0.15) is 4.90 Å². The van der Waals surface area contributed by atoms with Crippen molar-refractivity contribution in [3.63, 3.8) is 0 Å². The van der Waals surface area contributed by atoms with Gasteiger partial charge in [-0.15, -0.1) is 0 Å². The van der Waals surface area contributed by atoms with Crippen molar-refractivity contribution in [3.8, 4) is 0 Å². The molecule has 170 valence electrons. The number of halogens is 1. The van der Waals surface area contributed by atoms with E-state index in [9.17, 15) is 18.0 Å². The molecule has 4 rings (SSSR count). The summed E-state index contributed by atoms with van der Waals surface area (Å²) >= 11 is 6.22. The monoisotopic (exact) mass is 475 g/mol. The molecular formula is C23H26ClN3O4S. The summed E-state index contributed by atoms with van der Waals surface area (Å²) < 4.78 is 27.8. The molecule has 32 heavy (non-hydrogen) atoms. The Balaban J connectivity index is 1.47. The van der Waals surface area contributed by atoms with Gasteiger partial charge in [-0.2, -0.15) is 4.31 Å². The number of carbonyl (C=O) groups is 2. The van der Waals surface area contributed by atoms with E-state index >= 15 is 0 Å². The molecule has 2 aliphatic rings. The predicted octanol–water partition coefficient (Wildman–Crippen LogP) is 4.51. The average molecular weight is 476 g/mol. The summed E-state index contributed by atoms with van der Waals surface area (Å²) in [6.45, 7) is 0.914. The van der Waals surface area contributed by atoms with Crippen LogP contribution >= 0.6 is 11.6 Å². The fourth-order valence-corrected chi connectivity index (χ4v) is 5.71. The van der Waals surface area contributed by atoms with Crippen LogP contribution in [0.4, 0.5) is 11.4 Å². The highest BCUT2D eigenvalue weighted by Crippen LogP contribution is 2.30. The Morgan fingerprint density at radius 2 is 1.47 bits per heavy atom. The zero-order valence-electron chi connectivity index (χ0n) is 17.6. The SMILES string of the molecule is O=C(Nc1ccc(NC(=O)C2CC2)cc1)c1ccc(Cl)c(S(=O)(=O)N2CCCCCC2)c1. The highest BCUT2D eigenvalue weighted by Gasteiger charge is 2.30. The van der Waals surface area contributed by atoms with Gasteiger partial charge in [0.25, 0.3) is 5.91 Å². The minimum atomic E-state index is -3.78. The Morgan fingerprint density at radius 3 is 2.06 bits per heavy atom. The number of carbonyl (C=O) groups excluding carboxylic acids is 2. The van der Waals surface area contributed by atoms with Crippen molar-refractivity contribution in [2.75, 3.05) is 23.7 Å². The lowest BCUT2D eigenvalue weighted by atomic mass is 10.2. The third-order valence-corrected chi connectivity index (χ3v) is 8.11. The first kappa shape index (κ1) is 22.8. The maximum Gasteiger partial charge on any atom is 0.255 e. The molecular weight excluding hydrogens is 450 g/mol.